The molecule has 1 aromatic heterocycles. The molecule has 0 aliphatic rings. The van der Waals surface area contributed by atoms with E-state index in [0.717, 1.165) is 5.01 Å². The highest BCUT2D eigenvalue weighted by atomic mass is 32.1. The van der Waals surface area contributed by atoms with Gasteiger partial charge in [0.2, 0.25) is 0 Å². The molecule has 2 rings (SSSR count). The van der Waals surface area contributed by atoms with Crippen molar-refractivity contribution in [1.29, 1.82) is 0 Å². The minimum absolute atomic E-state index is 0.0292. The number of carboxylic acids is 1. The number of urea groups is 1. The lowest BCUT2D eigenvalue weighted by molar-refractivity contribution is 0.0694. The van der Waals surface area contributed by atoms with Crippen LogP contribution in [0.25, 0.3) is 0 Å². The van der Waals surface area contributed by atoms with E-state index in [1.807, 2.05) is 0 Å². The molecule has 0 atom stereocenters. The van der Waals surface area contributed by atoms with Gasteiger partial charge in [-0.05, 0) is 12.1 Å². The van der Waals surface area contributed by atoms with Crippen LogP contribution in [0, 0.1) is 0 Å². The number of aromatic carboxylic acids is 1. The minimum atomic E-state index is -1.27. The normalized spacial score (nSPS) is 10.0. The largest absolute Gasteiger partial charge is 0.505 e. The standard InChI is InChI=1S/C12H11N3O4S/c16-10-7(11(17)18)2-1-3-8(10)15-12(19)14-6-9-13-4-5-20-9/h1-5,16H,6H2,(H,17,18)(H2,14,15,19). The molecule has 0 aliphatic carbocycles. The van der Waals surface area contributed by atoms with E-state index in [1.54, 1.807) is 11.6 Å². The van der Waals surface area contributed by atoms with Gasteiger partial charge in [0.1, 0.15) is 10.6 Å². The maximum atomic E-state index is 11.6. The summed E-state index contributed by atoms with van der Waals surface area (Å²) in [6.45, 7) is 0.253. The van der Waals surface area contributed by atoms with Gasteiger partial charge in [-0.15, -0.1) is 11.3 Å². The summed E-state index contributed by atoms with van der Waals surface area (Å²) in [5.41, 5.74) is -0.246. The Morgan fingerprint density at radius 3 is 2.80 bits per heavy atom. The van der Waals surface area contributed by atoms with Crippen molar-refractivity contribution < 1.29 is 19.8 Å². The number of carbonyl (C=O) groups is 2. The summed E-state index contributed by atoms with van der Waals surface area (Å²) < 4.78 is 0. The first-order valence-corrected chi connectivity index (χ1v) is 6.44. The SMILES string of the molecule is O=C(NCc1nccs1)Nc1cccc(C(=O)O)c1O. The monoisotopic (exact) mass is 293 g/mol. The van der Waals surface area contributed by atoms with E-state index in [2.05, 4.69) is 15.6 Å². The molecule has 8 heteroatoms. The maximum absolute atomic E-state index is 11.6. The lowest BCUT2D eigenvalue weighted by Gasteiger charge is -2.09. The number of nitrogens with zero attached hydrogens (tertiary/aromatic N) is 1. The Balaban J connectivity index is 2.01. The fourth-order valence-electron chi connectivity index (χ4n) is 1.48. The maximum Gasteiger partial charge on any atom is 0.339 e. The number of thiazole rings is 1. The van der Waals surface area contributed by atoms with E-state index in [9.17, 15) is 14.7 Å². The quantitative estimate of drug-likeness (QED) is 0.643. The van der Waals surface area contributed by atoms with Gasteiger partial charge in [0.25, 0.3) is 0 Å². The molecular formula is C12H11N3O4S. The molecule has 0 saturated heterocycles. The molecule has 0 saturated carbocycles. The third-order valence-electron chi connectivity index (χ3n) is 2.40. The van der Waals surface area contributed by atoms with Crippen molar-refractivity contribution in [3.05, 3.63) is 40.3 Å². The van der Waals surface area contributed by atoms with Crippen LogP contribution in [0.2, 0.25) is 0 Å². The van der Waals surface area contributed by atoms with Crippen molar-refractivity contribution in [1.82, 2.24) is 10.3 Å². The number of hydrogen-bond acceptors (Lipinski definition) is 5. The smallest absolute Gasteiger partial charge is 0.339 e. The van der Waals surface area contributed by atoms with Gasteiger partial charge < -0.3 is 20.8 Å². The zero-order valence-corrected chi connectivity index (χ0v) is 11.0. The second kappa shape index (κ2) is 6.02. The molecule has 0 bridgehead atoms. The molecule has 0 radical (unpaired) electrons. The van der Waals surface area contributed by atoms with Gasteiger partial charge in [0.15, 0.2) is 5.75 Å². The molecule has 20 heavy (non-hydrogen) atoms. The molecule has 2 amide bonds. The number of aromatic nitrogens is 1. The average Bonchev–Trinajstić information content (AvgIpc) is 2.91. The fourth-order valence-corrected chi connectivity index (χ4v) is 2.04. The van der Waals surface area contributed by atoms with Crippen LogP contribution in [0.15, 0.2) is 29.8 Å². The Kier molecular flexibility index (Phi) is 4.16. The Hall–Kier alpha value is -2.61. The predicted octanol–water partition coefficient (Wildman–Crippen LogP) is 1.87. The van der Waals surface area contributed by atoms with Crippen LogP contribution >= 0.6 is 11.3 Å². The number of para-hydroxylation sites is 1. The van der Waals surface area contributed by atoms with Crippen molar-refractivity contribution >= 4 is 29.0 Å². The van der Waals surface area contributed by atoms with Crippen LogP contribution < -0.4 is 10.6 Å². The van der Waals surface area contributed by atoms with Gasteiger partial charge in [0, 0.05) is 11.6 Å². The number of aromatic hydroxyl groups is 1. The molecule has 1 heterocycles. The molecule has 0 spiro atoms. The highest BCUT2D eigenvalue weighted by molar-refractivity contribution is 7.09. The van der Waals surface area contributed by atoms with Crippen molar-refractivity contribution in [2.75, 3.05) is 5.32 Å². The van der Waals surface area contributed by atoms with Crippen molar-refractivity contribution in [2.24, 2.45) is 0 Å². The molecule has 2 aromatic rings. The van der Waals surface area contributed by atoms with Crippen LogP contribution in [0.5, 0.6) is 5.75 Å². The zero-order chi connectivity index (χ0) is 14.5. The van der Waals surface area contributed by atoms with E-state index in [1.165, 1.54) is 29.5 Å². The summed E-state index contributed by atoms with van der Waals surface area (Å²) in [5.74, 6) is -1.75. The van der Waals surface area contributed by atoms with E-state index in [4.69, 9.17) is 5.11 Å². The number of amides is 2. The molecular weight excluding hydrogens is 282 g/mol. The van der Waals surface area contributed by atoms with Gasteiger partial charge in [-0.2, -0.15) is 0 Å². The number of benzene rings is 1. The minimum Gasteiger partial charge on any atom is -0.505 e. The van der Waals surface area contributed by atoms with E-state index >= 15 is 0 Å². The zero-order valence-electron chi connectivity index (χ0n) is 10.2. The molecule has 0 aliphatic heterocycles. The van der Waals surface area contributed by atoms with Gasteiger partial charge in [-0.1, -0.05) is 6.07 Å². The Bertz CT molecular complexity index is 628. The summed E-state index contributed by atoms with van der Waals surface area (Å²) in [4.78, 5) is 26.5. The lowest BCUT2D eigenvalue weighted by atomic mass is 10.2. The first-order chi connectivity index (χ1) is 9.58. The molecule has 104 valence electrons. The number of hydrogen-bond donors (Lipinski definition) is 4. The van der Waals surface area contributed by atoms with E-state index < -0.39 is 17.7 Å². The first kappa shape index (κ1) is 13.8. The summed E-state index contributed by atoms with van der Waals surface area (Å²) >= 11 is 1.40. The van der Waals surface area contributed by atoms with Crippen LogP contribution in [0.3, 0.4) is 0 Å². The molecule has 1 aromatic carbocycles. The van der Waals surface area contributed by atoms with Crippen LogP contribution in [0.4, 0.5) is 10.5 Å². The second-order valence-electron chi connectivity index (χ2n) is 3.74. The summed E-state index contributed by atoms with van der Waals surface area (Å²) in [6.07, 6.45) is 1.63. The number of nitrogens with one attached hydrogen (secondary N) is 2. The molecule has 0 fully saturated rings. The Morgan fingerprint density at radius 2 is 2.15 bits per heavy atom. The molecule has 4 N–H and O–H groups in total. The third-order valence-corrected chi connectivity index (χ3v) is 3.18. The summed E-state index contributed by atoms with van der Waals surface area (Å²) in [5, 5.41) is 26.0. The molecule has 7 nitrogen and oxygen atoms in total. The van der Waals surface area contributed by atoms with Gasteiger partial charge in [-0.25, -0.2) is 14.6 Å². The highest BCUT2D eigenvalue weighted by Crippen LogP contribution is 2.27. The van der Waals surface area contributed by atoms with Crippen molar-refractivity contribution in [3.63, 3.8) is 0 Å². The number of phenols is 1. The second-order valence-corrected chi connectivity index (χ2v) is 4.72. The lowest BCUT2D eigenvalue weighted by Crippen LogP contribution is -2.28. The predicted molar refractivity (Wildman–Crippen MR) is 73.0 cm³/mol. The van der Waals surface area contributed by atoms with Gasteiger partial charge in [0.05, 0.1) is 12.2 Å². The van der Waals surface area contributed by atoms with Crippen molar-refractivity contribution in [2.45, 2.75) is 6.54 Å². The van der Waals surface area contributed by atoms with E-state index in [0.29, 0.717) is 0 Å². The van der Waals surface area contributed by atoms with E-state index in [-0.39, 0.29) is 17.8 Å². The van der Waals surface area contributed by atoms with Crippen LogP contribution in [0.1, 0.15) is 15.4 Å². The third kappa shape index (κ3) is 3.23. The Morgan fingerprint density at radius 1 is 1.35 bits per heavy atom. The molecule has 0 unspecified atom stereocenters. The van der Waals surface area contributed by atoms with Gasteiger partial charge >= 0.3 is 12.0 Å². The van der Waals surface area contributed by atoms with Crippen LogP contribution in [-0.4, -0.2) is 27.2 Å². The van der Waals surface area contributed by atoms with Crippen LogP contribution in [-0.2, 0) is 6.54 Å². The average molecular weight is 293 g/mol. The number of carboxylic acid groups (broad SMARTS) is 1. The summed E-state index contributed by atoms with van der Waals surface area (Å²) in [7, 11) is 0. The highest BCUT2D eigenvalue weighted by Gasteiger charge is 2.14. The van der Waals surface area contributed by atoms with Gasteiger partial charge in [-0.3, -0.25) is 0 Å². The number of rotatable bonds is 4. The first-order valence-electron chi connectivity index (χ1n) is 5.56. The summed E-state index contributed by atoms with van der Waals surface area (Å²) in [6, 6.07) is 3.53. The fraction of sp³-hybridized carbons (Fsp3) is 0.0833. The number of carbonyl (C=O) groups excluding carboxylic acids is 1. The topological polar surface area (TPSA) is 112 Å². The number of anilines is 1. The Labute approximate surface area is 117 Å². The van der Waals surface area contributed by atoms with Crippen molar-refractivity contribution in [3.8, 4) is 5.75 Å².